The summed E-state index contributed by atoms with van der Waals surface area (Å²) in [5, 5.41) is 22.8. The summed E-state index contributed by atoms with van der Waals surface area (Å²) in [5.41, 5.74) is 0. The van der Waals surface area contributed by atoms with Gasteiger partial charge in [-0.05, 0) is 0 Å². The van der Waals surface area contributed by atoms with Gasteiger partial charge in [0.25, 0.3) is 0 Å². The van der Waals surface area contributed by atoms with E-state index in [1.807, 2.05) is 0 Å². The maximum Gasteiger partial charge on any atom is 1.00 e. The van der Waals surface area contributed by atoms with Crippen molar-refractivity contribution in [3.63, 3.8) is 0 Å². The van der Waals surface area contributed by atoms with Crippen molar-refractivity contribution < 1.29 is 63.4 Å². The fraction of sp³-hybridized carbons (Fsp3) is 0. The molecule has 0 heterocycles. The average Bonchev–Trinajstić information content (AvgIpc) is 0.811. The van der Waals surface area contributed by atoms with Crippen molar-refractivity contribution >= 4 is 7.32 Å². The van der Waals surface area contributed by atoms with Crippen LogP contribution in [0.1, 0.15) is 0 Å². The van der Waals surface area contributed by atoms with Gasteiger partial charge in [-0.25, -0.2) is 0 Å². The predicted molar refractivity (Wildman–Crippen MR) is 20.2 cm³/mol. The summed E-state index contributed by atoms with van der Waals surface area (Å²) in [5.74, 6) is 0. The first-order valence-electron chi connectivity index (χ1n) is 0.752. The predicted octanol–water partition coefficient (Wildman–Crippen LogP) is -5.07. The van der Waals surface area contributed by atoms with E-state index in [1.165, 1.54) is 0 Å². The van der Waals surface area contributed by atoms with Crippen molar-refractivity contribution in [2.45, 2.75) is 0 Å². The third kappa shape index (κ3) is 871. The summed E-state index contributed by atoms with van der Waals surface area (Å²) < 4.78 is 0. The summed E-state index contributed by atoms with van der Waals surface area (Å²) in [6.07, 6.45) is 0. The zero-order valence-electron chi connectivity index (χ0n) is 4.51. The van der Waals surface area contributed by atoms with Crippen LogP contribution < -0.4 is 34.6 Å². The largest absolute Gasteiger partial charge is 1.00 e. The minimum atomic E-state index is -2.42. The van der Waals surface area contributed by atoms with Crippen LogP contribution in [0.25, 0.3) is 0 Å². The number of halogens is 4. The van der Waals surface area contributed by atoms with Crippen molar-refractivity contribution in [3.8, 4) is 0 Å². The van der Waals surface area contributed by atoms with Gasteiger partial charge in [0.15, 0.2) is 0 Å². The van der Waals surface area contributed by atoms with Gasteiger partial charge in [-0.1, -0.05) is 0 Å². The van der Waals surface area contributed by atoms with E-state index < -0.39 is 7.32 Å². The summed E-state index contributed by atoms with van der Waals surface area (Å²) in [6.45, 7) is 0. The molecule has 0 aromatic rings. The molecule has 0 aromatic carbocycles. The molecule has 56 valence electrons. The molecule has 3 nitrogen and oxygen atoms in total. The molecule has 9 heavy (non-hydrogen) atoms. The van der Waals surface area contributed by atoms with Crippen LogP contribution in [0.15, 0.2) is 0 Å². The van der Waals surface area contributed by atoms with Crippen LogP contribution in [0.5, 0.6) is 0 Å². The van der Waals surface area contributed by atoms with Gasteiger partial charge in [-0.2, -0.15) is 0 Å². The van der Waals surface area contributed by atoms with Crippen molar-refractivity contribution in [3.05, 3.63) is 0 Å². The van der Waals surface area contributed by atoms with Crippen LogP contribution in [0, 0.1) is 0 Å². The smallest absolute Gasteiger partial charge is 0.832 e. The van der Waals surface area contributed by atoms with E-state index in [2.05, 4.69) is 0 Å². The Morgan fingerprint density at radius 3 is 0.889 bits per heavy atom. The van der Waals surface area contributed by atoms with Gasteiger partial charge in [-0.3, -0.25) is 18.8 Å². The first kappa shape index (κ1) is 54.0. The van der Waals surface area contributed by atoms with Crippen LogP contribution in [-0.2, 0) is 0 Å². The molecule has 0 bridgehead atoms. The summed E-state index contributed by atoms with van der Waals surface area (Å²) in [6, 6.07) is 0. The second kappa shape index (κ2) is 37.9. The van der Waals surface area contributed by atoms with E-state index in [4.69, 9.17) is 15.1 Å². The minimum absolute atomic E-state index is 0. The first-order chi connectivity index (χ1) is 1.73. The summed E-state index contributed by atoms with van der Waals surface area (Å²) >= 11 is 0. The first-order valence-corrected chi connectivity index (χ1v) is 0.752. The summed E-state index contributed by atoms with van der Waals surface area (Å²) in [4.78, 5) is 0. The Morgan fingerprint density at radius 2 is 0.889 bits per heavy atom. The molecule has 0 saturated heterocycles. The molecule has 0 saturated carbocycles. The van der Waals surface area contributed by atoms with E-state index in [0.29, 0.717) is 0 Å². The van der Waals surface area contributed by atoms with Gasteiger partial charge in [0.1, 0.15) is 0 Å². The molecule has 2 N–H and O–H groups in total. The zero-order valence-corrected chi connectivity index (χ0v) is 6.51. The van der Waals surface area contributed by atoms with Gasteiger partial charge in [0, 0.05) is 0 Å². The van der Waals surface area contributed by atoms with Crippen LogP contribution in [0.3, 0.4) is 0 Å². The van der Waals surface area contributed by atoms with E-state index in [0.717, 1.165) is 0 Å². The Labute approximate surface area is 71.0 Å². The number of hydrogen-bond acceptors (Lipinski definition) is 3. The average molecular weight is 164 g/mol. The molecule has 0 aliphatic heterocycles. The normalized spacial score (nSPS) is 3.00. The Hall–Kier alpha value is 0.665. The van der Waals surface area contributed by atoms with Crippen LogP contribution in [0.2, 0.25) is 0 Å². The summed E-state index contributed by atoms with van der Waals surface area (Å²) in [7, 11) is -2.42. The zero-order chi connectivity index (χ0) is 3.58. The molecule has 0 aliphatic carbocycles. The second-order valence-electron chi connectivity index (χ2n) is 0.326. The monoisotopic (exact) mass is 164 g/mol. The fourth-order valence-corrected chi connectivity index (χ4v) is 0. The molecule has 0 aromatic heterocycles. The van der Waals surface area contributed by atoms with Crippen molar-refractivity contribution in [1.82, 2.24) is 0 Å². The van der Waals surface area contributed by atoms with Crippen LogP contribution in [0.4, 0.5) is 18.8 Å². The van der Waals surface area contributed by atoms with E-state index in [-0.39, 0.29) is 48.4 Å². The van der Waals surface area contributed by atoms with Gasteiger partial charge in [0.05, 0.1) is 0 Å². The van der Waals surface area contributed by atoms with Gasteiger partial charge in [-0.15, -0.1) is 0 Å². The van der Waals surface area contributed by atoms with Gasteiger partial charge < -0.3 is 15.1 Å². The Morgan fingerprint density at radius 1 is 0.889 bits per heavy atom. The molecule has 0 radical (unpaired) electrons. The SMILES string of the molecule is F.F.F.F.[Na+].[O-]B(O)O. The molecule has 0 atom stereocenters. The van der Waals surface area contributed by atoms with Gasteiger partial charge in [0.2, 0.25) is 0 Å². The molecule has 0 spiro atoms. The third-order valence-corrected chi connectivity index (χ3v) is 0. The third-order valence-electron chi connectivity index (χ3n) is 0. The maximum absolute atomic E-state index is 8.64. The second-order valence-corrected chi connectivity index (χ2v) is 0.326. The van der Waals surface area contributed by atoms with E-state index >= 15 is 0 Å². The van der Waals surface area contributed by atoms with E-state index in [1.54, 1.807) is 0 Å². The fourth-order valence-electron chi connectivity index (χ4n) is 0. The standard InChI is InChI=1S/BH2O3.4FH.Na/c2-1(3)4;;;;;/h2-3H;4*1H;/q-1;;;;;+1. The van der Waals surface area contributed by atoms with Crippen molar-refractivity contribution in [2.75, 3.05) is 0 Å². The Balaban J connectivity index is -0.00000000450. The van der Waals surface area contributed by atoms with Crippen LogP contribution >= 0.6 is 0 Å². The van der Waals surface area contributed by atoms with Gasteiger partial charge >= 0.3 is 36.9 Å². The van der Waals surface area contributed by atoms with E-state index in [9.17, 15) is 0 Å². The Bertz CT molecular complexity index is 20.5. The quantitative estimate of drug-likeness (QED) is 0.278. The molecule has 0 aliphatic rings. The maximum atomic E-state index is 8.64. The molecule has 0 fully saturated rings. The van der Waals surface area contributed by atoms with Crippen LogP contribution in [-0.4, -0.2) is 17.4 Å². The number of hydrogen-bond donors (Lipinski definition) is 2. The molecule has 0 amide bonds. The van der Waals surface area contributed by atoms with Crippen molar-refractivity contribution in [1.29, 1.82) is 0 Å². The molecule has 0 rings (SSSR count). The molecule has 9 heteroatoms. The minimum Gasteiger partial charge on any atom is -0.832 e. The Kier molecular flexibility index (Phi) is 228. The molecule has 0 unspecified atom stereocenters. The molecular formula is H6BF4NaO3. The molecular weight excluding hydrogens is 158 g/mol. The topological polar surface area (TPSA) is 63.5 Å². The number of rotatable bonds is 0. The van der Waals surface area contributed by atoms with Crippen molar-refractivity contribution in [2.24, 2.45) is 0 Å².